The molecule has 0 fully saturated rings. The number of aromatic nitrogens is 1. The minimum Gasteiger partial charge on any atom is -0.459 e. The van der Waals surface area contributed by atoms with E-state index in [1.165, 1.54) is 4.90 Å². The summed E-state index contributed by atoms with van der Waals surface area (Å²) in [6, 6.07) is 1.86. The van der Waals surface area contributed by atoms with Crippen molar-refractivity contribution >= 4 is 29.8 Å². The molecule has 1 aliphatic heterocycles. The molecule has 6 nitrogen and oxygen atoms in total. The highest BCUT2D eigenvalue weighted by Gasteiger charge is 2.17. The molecule has 0 aliphatic carbocycles. The van der Waals surface area contributed by atoms with E-state index in [0.717, 1.165) is 16.7 Å². The summed E-state index contributed by atoms with van der Waals surface area (Å²) in [5.41, 5.74) is 3.51. The van der Waals surface area contributed by atoms with Crippen LogP contribution in [0.1, 0.15) is 47.1 Å². The molecule has 1 aliphatic rings. The van der Waals surface area contributed by atoms with E-state index in [-0.39, 0.29) is 11.8 Å². The fraction of sp³-hybridized carbons (Fsp3) is 0.261. The molecule has 0 aromatic carbocycles. The minimum absolute atomic E-state index is 0.0361. The number of allylic oxidation sites excluding steroid dienone is 1. The van der Waals surface area contributed by atoms with E-state index in [2.05, 4.69) is 28.7 Å². The summed E-state index contributed by atoms with van der Waals surface area (Å²) >= 11 is 0. The fourth-order valence-electron chi connectivity index (χ4n) is 3.11. The van der Waals surface area contributed by atoms with Crippen molar-refractivity contribution in [2.45, 2.75) is 33.2 Å². The molecule has 29 heavy (non-hydrogen) atoms. The highest BCUT2D eigenvalue weighted by atomic mass is 16.3. The Morgan fingerprint density at radius 3 is 2.97 bits per heavy atom. The van der Waals surface area contributed by atoms with Crippen molar-refractivity contribution in [1.29, 1.82) is 0 Å². The number of furan rings is 1. The second kappa shape index (κ2) is 8.61. The van der Waals surface area contributed by atoms with Gasteiger partial charge in [0.25, 0.3) is 5.91 Å². The minimum atomic E-state index is -0.320. The SMILES string of the molecule is C=Cc1oc(CN(C)C(=O)C#Cc2cnc3c(c2)CCC(=O)N3)c(C)c1/C=C\C. The van der Waals surface area contributed by atoms with E-state index in [0.29, 0.717) is 42.3 Å². The summed E-state index contributed by atoms with van der Waals surface area (Å²) in [5, 5.41) is 2.73. The predicted molar refractivity (Wildman–Crippen MR) is 113 cm³/mol. The van der Waals surface area contributed by atoms with Crippen LogP contribution in [0, 0.1) is 18.8 Å². The Kier molecular flexibility index (Phi) is 5.99. The lowest BCUT2D eigenvalue weighted by molar-refractivity contribution is -0.124. The maximum Gasteiger partial charge on any atom is 0.298 e. The van der Waals surface area contributed by atoms with Crippen LogP contribution in [0.4, 0.5) is 5.82 Å². The first-order chi connectivity index (χ1) is 13.9. The van der Waals surface area contributed by atoms with Crippen LogP contribution in [-0.4, -0.2) is 28.7 Å². The Hall–Kier alpha value is -3.59. The lowest BCUT2D eigenvalue weighted by atomic mass is 10.1. The molecule has 0 bridgehead atoms. The molecule has 0 radical (unpaired) electrons. The quantitative estimate of drug-likeness (QED) is 0.812. The average molecular weight is 389 g/mol. The highest BCUT2D eigenvalue weighted by molar-refractivity contribution is 5.94. The number of fused-ring (bicyclic) bond motifs is 1. The van der Waals surface area contributed by atoms with Crippen molar-refractivity contribution in [3.8, 4) is 11.8 Å². The van der Waals surface area contributed by atoms with Crippen molar-refractivity contribution in [2.75, 3.05) is 12.4 Å². The van der Waals surface area contributed by atoms with E-state index in [1.807, 2.05) is 32.1 Å². The van der Waals surface area contributed by atoms with Gasteiger partial charge in [-0.25, -0.2) is 4.98 Å². The van der Waals surface area contributed by atoms with Crippen molar-refractivity contribution < 1.29 is 14.0 Å². The average Bonchev–Trinajstić information content (AvgIpc) is 3.01. The number of anilines is 1. The molecular weight excluding hydrogens is 366 g/mol. The standard InChI is InChI=1S/C23H23N3O3/c1-5-7-18-15(3)20(29-19(18)6-2)14-26(4)22(28)11-8-16-12-17-9-10-21(27)25-23(17)24-13-16/h5-7,12-13H,2,9-10,14H2,1,3-4H3,(H,24,25,27)/b7-5-. The van der Waals surface area contributed by atoms with Crippen molar-refractivity contribution in [3.05, 3.63) is 58.7 Å². The van der Waals surface area contributed by atoms with E-state index in [9.17, 15) is 9.59 Å². The molecule has 0 spiro atoms. The number of pyridine rings is 1. The zero-order chi connectivity index (χ0) is 21.0. The van der Waals surface area contributed by atoms with Crippen molar-refractivity contribution in [3.63, 3.8) is 0 Å². The Labute approximate surface area is 170 Å². The van der Waals surface area contributed by atoms with Gasteiger partial charge in [-0.05, 0) is 38.0 Å². The zero-order valence-corrected chi connectivity index (χ0v) is 16.8. The molecule has 3 heterocycles. The number of carbonyl (C=O) groups is 2. The number of amides is 2. The van der Waals surface area contributed by atoms with Gasteiger partial charge in [0.2, 0.25) is 5.91 Å². The second-order valence-electron chi connectivity index (χ2n) is 6.82. The maximum absolute atomic E-state index is 12.4. The van der Waals surface area contributed by atoms with Gasteiger partial charge in [-0.3, -0.25) is 9.59 Å². The highest BCUT2D eigenvalue weighted by Crippen LogP contribution is 2.25. The van der Waals surface area contributed by atoms with E-state index in [4.69, 9.17) is 4.42 Å². The van der Waals surface area contributed by atoms with Crippen molar-refractivity contribution in [2.24, 2.45) is 0 Å². The van der Waals surface area contributed by atoms with Gasteiger partial charge in [-0.1, -0.05) is 24.7 Å². The third-order valence-electron chi connectivity index (χ3n) is 4.73. The number of carbonyl (C=O) groups excluding carboxylic acids is 2. The van der Waals surface area contributed by atoms with Gasteiger partial charge in [0.15, 0.2) is 0 Å². The number of aryl methyl sites for hydroxylation is 1. The van der Waals surface area contributed by atoms with E-state index >= 15 is 0 Å². The number of rotatable bonds is 4. The summed E-state index contributed by atoms with van der Waals surface area (Å²) in [7, 11) is 1.68. The van der Waals surface area contributed by atoms with Gasteiger partial charge in [-0.15, -0.1) is 0 Å². The van der Waals surface area contributed by atoms with Crippen LogP contribution >= 0.6 is 0 Å². The van der Waals surface area contributed by atoms with Crippen LogP contribution in [0.15, 0.2) is 29.3 Å². The molecule has 2 aromatic rings. The number of hydrogen-bond donors (Lipinski definition) is 1. The first kappa shape index (κ1) is 20.2. The molecule has 3 rings (SSSR count). The molecule has 0 saturated heterocycles. The van der Waals surface area contributed by atoms with Crippen LogP contribution in [0.25, 0.3) is 12.2 Å². The molecule has 6 heteroatoms. The Morgan fingerprint density at radius 2 is 2.24 bits per heavy atom. The Balaban J connectivity index is 1.73. The normalized spacial score (nSPS) is 12.7. The lowest BCUT2D eigenvalue weighted by Crippen LogP contribution is -2.24. The van der Waals surface area contributed by atoms with Gasteiger partial charge in [-0.2, -0.15) is 0 Å². The molecular formula is C23H23N3O3. The third kappa shape index (κ3) is 4.46. The number of nitrogens with zero attached hydrogens (tertiary/aromatic N) is 2. The van der Waals surface area contributed by atoms with E-state index < -0.39 is 0 Å². The Morgan fingerprint density at radius 1 is 1.45 bits per heavy atom. The molecule has 0 atom stereocenters. The van der Waals surface area contributed by atoms with Gasteiger partial charge in [0.1, 0.15) is 17.3 Å². The summed E-state index contributed by atoms with van der Waals surface area (Å²) in [6.07, 6.45) is 8.17. The topological polar surface area (TPSA) is 75.4 Å². The fourth-order valence-corrected chi connectivity index (χ4v) is 3.11. The lowest BCUT2D eigenvalue weighted by Gasteiger charge is -2.15. The van der Waals surface area contributed by atoms with Gasteiger partial charge in [0, 0.05) is 42.3 Å². The summed E-state index contributed by atoms with van der Waals surface area (Å²) in [6.45, 7) is 7.99. The van der Waals surface area contributed by atoms with Crippen LogP contribution in [0.5, 0.6) is 0 Å². The first-order valence-corrected chi connectivity index (χ1v) is 9.36. The van der Waals surface area contributed by atoms with Crippen LogP contribution in [-0.2, 0) is 22.6 Å². The van der Waals surface area contributed by atoms with Gasteiger partial charge < -0.3 is 14.6 Å². The number of nitrogens with one attached hydrogen (secondary N) is 1. The summed E-state index contributed by atoms with van der Waals surface area (Å²) in [4.78, 5) is 29.6. The summed E-state index contributed by atoms with van der Waals surface area (Å²) in [5.74, 6) is 7.12. The predicted octanol–water partition coefficient (Wildman–Crippen LogP) is 3.55. The van der Waals surface area contributed by atoms with E-state index in [1.54, 1.807) is 19.3 Å². The first-order valence-electron chi connectivity index (χ1n) is 9.36. The monoisotopic (exact) mass is 389 g/mol. The largest absolute Gasteiger partial charge is 0.459 e. The third-order valence-corrected chi connectivity index (χ3v) is 4.73. The van der Waals surface area contributed by atoms with Crippen molar-refractivity contribution in [1.82, 2.24) is 9.88 Å². The zero-order valence-electron chi connectivity index (χ0n) is 16.8. The number of hydrogen-bond acceptors (Lipinski definition) is 4. The molecule has 0 saturated carbocycles. The van der Waals surface area contributed by atoms with Crippen LogP contribution < -0.4 is 5.32 Å². The molecule has 1 N–H and O–H groups in total. The summed E-state index contributed by atoms with van der Waals surface area (Å²) < 4.78 is 5.85. The van der Waals surface area contributed by atoms with Gasteiger partial charge >= 0.3 is 0 Å². The maximum atomic E-state index is 12.4. The molecule has 148 valence electrons. The Bertz CT molecular complexity index is 1070. The molecule has 2 amide bonds. The molecule has 2 aromatic heterocycles. The molecule has 0 unspecified atom stereocenters. The van der Waals surface area contributed by atoms with Crippen LogP contribution in [0.2, 0.25) is 0 Å². The van der Waals surface area contributed by atoms with Gasteiger partial charge in [0.05, 0.1) is 6.54 Å². The smallest absolute Gasteiger partial charge is 0.298 e. The second-order valence-corrected chi connectivity index (χ2v) is 6.82. The van der Waals surface area contributed by atoms with Crippen LogP contribution in [0.3, 0.4) is 0 Å².